The summed E-state index contributed by atoms with van der Waals surface area (Å²) in [4.78, 5) is 20.5. The summed E-state index contributed by atoms with van der Waals surface area (Å²) >= 11 is 0. The van der Waals surface area contributed by atoms with Crippen LogP contribution < -0.4 is 10.0 Å². The zero-order valence-electron chi connectivity index (χ0n) is 21.9. The third-order valence-electron chi connectivity index (χ3n) is 7.30. The second kappa shape index (κ2) is 11.0. The molecule has 0 saturated carbocycles. The van der Waals surface area contributed by atoms with Crippen LogP contribution in [0, 0.1) is 17.5 Å². The highest BCUT2D eigenvalue weighted by Crippen LogP contribution is 2.33. The van der Waals surface area contributed by atoms with Gasteiger partial charge in [-0.25, -0.2) is 18.2 Å². The van der Waals surface area contributed by atoms with Crippen LogP contribution in [-0.2, 0) is 10.2 Å². The standard InChI is InChI=1S/C28H28F3N5O3S/c1-3-36(2)40(38,39)35-24-7-6-22(29)25(26(24)31)27(37)21-15-34-28-20(21)12-18(14-33-28)17-4-5-19(23(30)13-17)16-8-10-32-11-9-16/h4-7,12-16,32,35H,3,8-11H2,1-2H3,(H,33,34). The first-order chi connectivity index (χ1) is 19.1. The normalized spacial score (nSPS) is 14.7. The molecule has 8 nitrogen and oxygen atoms in total. The number of hydrogen-bond donors (Lipinski definition) is 3. The monoisotopic (exact) mass is 571 g/mol. The van der Waals surface area contributed by atoms with E-state index in [0.29, 0.717) is 22.3 Å². The lowest BCUT2D eigenvalue weighted by atomic mass is 9.89. The predicted octanol–water partition coefficient (Wildman–Crippen LogP) is 4.95. The Balaban J connectivity index is 1.50. The Kier molecular flexibility index (Phi) is 7.67. The van der Waals surface area contributed by atoms with Crippen molar-refractivity contribution < 1.29 is 26.4 Å². The average Bonchev–Trinajstić information content (AvgIpc) is 3.38. The highest BCUT2D eigenvalue weighted by Gasteiger charge is 2.27. The molecule has 5 rings (SSSR count). The molecule has 1 aliphatic rings. The number of carbonyl (C=O) groups excluding carboxylic acids is 1. The molecule has 0 bridgehead atoms. The maximum Gasteiger partial charge on any atom is 0.301 e. The summed E-state index contributed by atoms with van der Waals surface area (Å²) in [5.74, 6) is -3.68. The maximum atomic E-state index is 15.4. The molecule has 210 valence electrons. The number of rotatable bonds is 8. The van der Waals surface area contributed by atoms with Crippen molar-refractivity contribution in [1.29, 1.82) is 0 Å². The van der Waals surface area contributed by atoms with E-state index in [1.54, 1.807) is 25.1 Å². The van der Waals surface area contributed by atoms with Gasteiger partial charge in [0.25, 0.3) is 0 Å². The Morgan fingerprint density at radius 3 is 2.52 bits per heavy atom. The number of ketones is 1. The van der Waals surface area contributed by atoms with Gasteiger partial charge in [0.15, 0.2) is 5.82 Å². The average molecular weight is 572 g/mol. The van der Waals surface area contributed by atoms with Gasteiger partial charge in [0.05, 0.1) is 11.3 Å². The first kappa shape index (κ1) is 27.8. The Bertz CT molecular complexity index is 1700. The summed E-state index contributed by atoms with van der Waals surface area (Å²) in [5, 5.41) is 3.55. The minimum atomic E-state index is -4.12. The Labute approximate surface area is 229 Å². The van der Waals surface area contributed by atoms with E-state index in [4.69, 9.17) is 0 Å². The molecule has 2 aromatic heterocycles. The summed E-state index contributed by atoms with van der Waals surface area (Å²) in [7, 11) is -2.83. The number of nitrogens with zero attached hydrogens (tertiary/aromatic N) is 2. The van der Waals surface area contributed by atoms with Gasteiger partial charge in [-0.2, -0.15) is 12.7 Å². The Morgan fingerprint density at radius 2 is 1.82 bits per heavy atom. The highest BCUT2D eigenvalue weighted by molar-refractivity contribution is 7.90. The number of hydrogen-bond acceptors (Lipinski definition) is 5. The molecular weight excluding hydrogens is 543 g/mol. The van der Waals surface area contributed by atoms with E-state index in [1.807, 2.05) is 0 Å². The number of nitrogens with one attached hydrogen (secondary N) is 3. The van der Waals surface area contributed by atoms with Crippen LogP contribution in [0.4, 0.5) is 18.9 Å². The minimum absolute atomic E-state index is 0.0698. The smallest absolute Gasteiger partial charge is 0.301 e. The first-order valence-electron chi connectivity index (χ1n) is 12.8. The molecule has 0 amide bonds. The van der Waals surface area contributed by atoms with Crippen molar-refractivity contribution in [2.75, 3.05) is 31.4 Å². The van der Waals surface area contributed by atoms with Crippen molar-refractivity contribution >= 4 is 32.7 Å². The summed E-state index contributed by atoms with van der Waals surface area (Å²) in [6, 6.07) is 8.33. The number of aromatic nitrogens is 2. The minimum Gasteiger partial charge on any atom is -0.345 e. The molecule has 0 atom stereocenters. The van der Waals surface area contributed by atoms with Gasteiger partial charge in [-0.1, -0.05) is 19.1 Å². The molecule has 2 aromatic carbocycles. The van der Waals surface area contributed by atoms with Crippen molar-refractivity contribution in [1.82, 2.24) is 19.6 Å². The predicted molar refractivity (Wildman–Crippen MR) is 147 cm³/mol. The molecule has 3 heterocycles. The van der Waals surface area contributed by atoms with Crippen molar-refractivity contribution in [2.45, 2.75) is 25.7 Å². The van der Waals surface area contributed by atoms with Gasteiger partial charge in [-0.05, 0) is 67.2 Å². The molecule has 1 aliphatic heterocycles. The van der Waals surface area contributed by atoms with E-state index in [1.165, 1.54) is 25.5 Å². The zero-order chi connectivity index (χ0) is 28.6. The lowest BCUT2D eigenvalue weighted by Crippen LogP contribution is -2.32. The molecule has 0 radical (unpaired) electrons. The van der Waals surface area contributed by atoms with E-state index in [2.05, 4.69) is 20.0 Å². The number of aromatic amines is 1. The molecule has 40 heavy (non-hydrogen) atoms. The lowest BCUT2D eigenvalue weighted by Gasteiger charge is -2.23. The number of fused-ring (bicyclic) bond motifs is 1. The molecule has 3 N–H and O–H groups in total. The number of benzene rings is 2. The summed E-state index contributed by atoms with van der Waals surface area (Å²) < 4.78 is 73.0. The number of halogens is 3. The first-order valence-corrected chi connectivity index (χ1v) is 14.3. The van der Waals surface area contributed by atoms with Crippen LogP contribution in [0.1, 0.15) is 47.2 Å². The molecular formula is C28H28F3N5O3S. The summed E-state index contributed by atoms with van der Waals surface area (Å²) in [5.41, 5.74) is 0.458. The molecule has 12 heteroatoms. The van der Waals surface area contributed by atoms with E-state index >= 15 is 8.78 Å². The largest absolute Gasteiger partial charge is 0.345 e. The Hall–Kier alpha value is -3.74. The van der Waals surface area contributed by atoms with Crippen molar-refractivity contribution in [3.05, 3.63) is 82.9 Å². The third kappa shape index (κ3) is 5.21. The fourth-order valence-corrected chi connectivity index (χ4v) is 5.81. The molecule has 0 spiro atoms. The van der Waals surface area contributed by atoms with Crippen LogP contribution in [0.2, 0.25) is 0 Å². The van der Waals surface area contributed by atoms with Gasteiger partial charge in [-0.3, -0.25) is 9.52 Å². The van der Waals surface area contributed by atoms with E-state index in [0.717, 1.165) is 42.4 Å². The van der Waals surface area contributed by atoms with Gasteiger partial charge < -0.3 is 10.3 Å². The topological polar surface area (TPSA) is 107 Å². The fraction of sp³-hybridized carbons (Fsp3) is 0.286. The molecule has 1 fully saturated rings. The number of anilines is 1. The van der Waals surface area contributed by atoms with Crippen LogP contribution in [0.25, 0.3) is 22.2 Å². The van der Waals surface area contributed by atoms with Crippen LogP contribution in [0.15, 0.2) is 48.8 Å². The molecule has 1 saturated heterocycles. The van der Waals surface area contributed by atoms with Gasteiger partial charge in [0.2, 0.25) is 5.78 Å². The zero-order valence-corrected chi connectivity index (χ0v) is 22.7. The number of pyridine rings is 1. The van der Waals surface area contributed by atoms with Crippen LogP contribution in [0.3, 0.4) is 0 Å². The molecule has 0 aliphatic carbocycles. The van der Waals surface area contributed by atoms with Crippen LogP contribution in [0.5, 0.6) is 0 Å². The van der Waals surface area contributed by atoms with E-state index in [9.17, 15) is 17.6 Å². The van der Waals surface area contributed by atoms with Crippen molar-refractivity contribution in [3.63, 3.8) is 0 Å². The Morgan fingerprint density at radius 1 is 1.07 bits per heavy atom. The lowest BCUT2D eigenvalue weighted by molar-refractivity contribution is 0.103. The van der Waals surface area contributed by atoms with Crippen LogP contribution >= 0.6 is 0 Å². The van der Waals surface area contributed by atoms with Crippen molar-refractivity contribution in [2.24, 2.45) is 0 Å². The van der Waals surface area contributed by atoms with Gasteiger partial charge >= 0.3 is 10.2 Å². The summed E-state index contributed by atoms with van der Waals surface area (Å²) in [6.07, 6.45) is 4.51. The SMILES string of the molecule is CCN(C)S(=O)(=O)Nc1ccc(F)c(C(=O)c2c[nH]c3ncc(-c4ccc(C5CCNCC5)c(F)c4)cc23)c1F. The second-order valence-corrected chi connectivity index (χ2v) is 11.5. The van der Waals surface area contributed by atoms with E-state index < -0.39 is 38.9 Å². The second-order valence-electron chi connectivity index (χ2n) is 9.72. The van der Waals surface area contributed by atoms with Gasteiger partial charge in [0, 0.05) is 42.5 Å². The maximum absolute atomic E-state index is 15.4. The van der Waals surface area contributed by atoms with Crippen molar-refractivity contribution in [3.8, 4) is 11.1 Å². The number of H-pyrrole nitrogens is 1. The van der Waals surface area contributed by atoms with Gasteiger partial charge in [-0.15, -0.1) is 0 Å². The summed E-state index contributed by atoms with van der Waals surface area (Å²) in [6.45, 7) is 3.37. The van der Waals surface area contributed by atoms with Crippen LogP contribution in [-0.4, -0.2) is 55.2 Å². The van der Waals surface area contributed by atoms with E-state index in [-0.39, 0.29) is 29.2 Å². The number of carbonyl (C=O) groups is 1. The van der Waals surface area contributed by atoms with Gasteiger partial charge in [0.1, 0.15) is 17.3 Å². The highest BCUT2D eigenvalue weighted by atomic mass is 32.2. The third-order valence-corrected chi connectivity index (χ3v) is 8.86. The fourth-order valence-electron chi connectivity index (χ4n) is 4.88. The number of piperidine rings is 1. The molecule has 4 aromatic rings. The molecule has 0 unspecified atom stereocenters. The quantitative estimate of drug-likeness (QED) is 0.260.